The van der Waals surface area contributed by atoms with Gasteiger partial charge in [-0.15, -0.1) is 0 Å². The fraction of sp³-hybridized carbons (Fsp3) is 0.481. The number of nitrogens with zero attached hydrogens (tertiary/aromatic N) is 6. The molecule has 0 saturated carbocycles. The average Bonchev–Trinajstić information content (AvgIpc) is 3.45. The van der Waals surface area contributed by atoms with Crippen LogP contribution in [0.25, 0.3) is 22.3 Å². The van der Waals surface area contributed by atoms with Gasteiger partial charge in [0.25, 0.3) is 0 Å². The fourth-order valence-corrected chi connectivity index (χ4v) is 4.65. The van der Waals surface area contributed by atoms with E-state index in [1.807, 2.05) is 56.0 Å². The number of rotatable bonds is 5. The number of imidazole rings is 1. The van der Waals surface area contributed by atoms with E-state index in [4.69, 9.17) is 16.3 Å². The summed E-state index contributed by atoms with van der Waals surface area (Å²) in [7, 11) is 3.38. The molecule has 1 aromatic carbocycles. The fourth-order valence-electron chi connectivity index (χ4n) is 4.45. The Kier molecular flexibility index (Phi) is 10.2. The zero-order chi connectivity index (χ0) is 28.0. The van der Waals surface area contributed by atoms with Crippen LogP contribution < -0.4 is 5.32 Å². The lowest BCUT2D eigenvalue weighted by Crippen LogP contribution is -2.23. The number of benzene rings is 1. The first kappa shape index (κ1) is 29.5. The number of methoxy groups -OCH3 is 1. The third-order valence-electron chi connectivity index (χ3n) is 6.01. The Labute approximate surface area is 228 Å². The zero-order valence-electron chi connectivity index (χ0n) is 23.1. The first-order chi connectivity index (χ1) is 18.2. The van der Waals surface area contributed by atoms with Crippen molar-refractivity contribution < 1.29 is 14.2 Å². The zero-order valence-corrected chi connectivity index (χ0v) is 23.8. The van der Waals surface area contributed by atoms with Gasteiger partial charge in [0.05, 0.1) is 40.8 Å². The lowest BCUT2D eigenvalue weighted by atomic mass is 10.1. The van der Waals surface area contributed by atoms with Gasteiger partial charge in [-0.3, -0.25) is 4.68 Å². The molecule has 206 valence electrons. The summed E-state index contributed by atoms with van der Waals surface area (Å²) >= 11 is 6.20. The van der Waals surface area contributed by atoms with Crippen LogP contribution in [0.4, 0.5) is 10.3 Å². The van der Waals surface area contributed by atoms with Gasteiger partial charge in [0.15, 0.2) is 5.82 Å². The van der Waals surface area contributed by atoms with Crippen molar-refractivity contribution in [2.45, 2.75) is 72.8 Å². The molecule has 1 unspecified atom stereocenters. The van der Waals surface area contributed by atoms with E-state index in [1.165, 1.54) is 12.3 Å². The number of fused-ring (bicyclic) bond motifs is 2. The highest BCUT2D eigenvalue weighted by Gasteiger charge is 2.19. The predicted octanol–water partition coefficient (Wildman–Crippen LogP) is 5.58. The van der Waals surface area contributed by atoms with Gasteiger partial charge in [0, 0.05) is 44.4 Å². The molecule has 0 fully saturated rings. The van der Waals surface area contributed by atoms with Crippen molar-refractivity contribution >= 4 is 28.6 Å². The Bertz CT molecular complexity index is 1370. The SMILES string of the molecule is CC.CNc1ncc(Cl)c(-c2cc(F)c3nc(C)n(C(C)C)c3c2)n1.COCc1cc2n(n1)CCC(O)C2. The summed E-state index contributed by atoms with van der Waals surface area (Å²) in [5, 5.41) is 17.0. The minimum atomic E-state index is -0.388. The molecule has 2 N–H and O–H groups in total. The van der Waals surface area contributed by atoms with Gasteiger partial charge in [0.1, 0.15) is 11.3 Å². The Morgan fingerprint density at radius 1 is 1.24 bits per heavy atom. The quantitative estimate of drug-likeness (QED) is 0.337. The minimum Gasteiger partial charge on any atom is -0.393 e. The molecule has 0 radical (unpaired) electrons. The van der Waals surface area contributed by atoms with Crippen LogP contribution in [-0.4, -0.2) is 54.7 Å². The first-order valence-corrected chi connectivity index (χ1v) is 13.2. The summed E-state index contributed by atoms with van der Waals surface area (Å²) in [6.45, 7) is 11.3. The van der Waals surface area contributed by atoms with E-state index in [0.717, 1.165) is 42.1 Å². The van der Waals surface area contributed by atoms with Crippen molar-refractivity contribution in [3.8, 4) is 11.3 Å². The molecule has 1 aliphatic rings. The summed E-state index contributed by atoms with van der Waals surface area (Å²) in [6.07, 6.45) is 2.83. The van der Waals surface area contributed by atoms with E-state index >= 15 is 0 Å². The normalized spacial score (nSPS) is 14.4. The van der Waals surface area contributed by atoms with Crippen LogP contribution in [0.2, 0.25) is 5.02 Å². The van der Waals surface area contributed by atoms with Gasteiger partial charge < -0.3 is 19.7 Å². The molecular weight excluding hydrogens is 509 g/mol. The van der Waals surface area contributed by atoms with E-state index in [-0.39, 0.29) is 18.0 Å². The average molecular weight is 546 g/mol. The summed E-state index contributed by atoms with van der Waals surface area (Å²) in [6, 6.07) is 5.45. The van der Waals surface area contributed by atoms with Gasteiger partial charge in [-0.1, -0.05) is 25.4 Å². The van der Waals surface area contributed by atoms with Crippen LogP contribution in [0.5, 0.6) is 0 Å². The molecule has 9 nitrogen and oxygen atoms in total. The highest BCUT2D eigenvalue weighted by molar-refractivity contribution is 6.33. The van der Waals surface area contributed by atoms with Crippen LogP contribution in [0.15, 0.2) is 24.4 Å². The molecule has 3 aromatic heterocycles. The van der Waals surface area contributed by atoms with Crippen molar-refractivity contribution in [2.24, 2.45) is 0 Å². The topological polar surface area (TPSA) is 103 Å². The van der Waals surface area contributed by atoms with E-state index in [1.54, 1.807) is 14.2 Å². The standard InChI is InChI=1S/C16H17ClFN5.C9H14N2O2.C2H6/c1-8(2)23-9(3)21-15-12(18)5-10(6-13(15)23)14-11(17)7-20-16(19-4)22-14;1-13-6-7-4-8-5-9(12)2-3-11(8)10-7;1-2/h5-8H,1-4H3,(H,19,20,22);4,9,12H,2-3,5-6H2,1H3;1-2H3. The Hall–Kier alpha value is -3.08. The van der Waals surface area contributed by atoms with Gasteiger partial charge in [-0.2, -0.15) is 5.10 Å². The van der Waals surface area contributed by atoms with E-state index in [2.05, 4.69) is 25.4 Å². The van der Waals surface area contributed by atoms with Crippen LogP contribution in [0.1, 0.15) is 57.4 Å². The molecule has 0 spiro atoms. The van der Waals surface area contributed by atoms with E-state index in [0.29, 0.717) is 34.4 Å². The molecule has 1 aliphatic heterocycles. The molecule has 0 aliphatic carbocycles. The van der Waals surface area contributed by atoms with E-state index < -0.39 is 0 Å². The molecule has 1 atom stereocenters. The summed E-state index contributed by atoms with van der Waals surface area (Å²) in [5.41, 5.74) is 4.24. The summed E-state index contributed by atoms with van der Waals surface area (Å²) < 4.78 is 23.5. The van der Waals surface area contributed by atoms with E-state index in [9.17, 15) is 9.50 Å². The lowest BCUT2D eigenvalue weighted by Gasteiger charge is -2.17. The smallest absolute Gasteiger partial charge is 0.223 e. The number of aromatic nitrogens is 6. The molecule has 0 saturated heterocycles. The molecule has 5 rings (SSSR count). The van der Waals surface area contributed by atoms with Gasteiger partial charge in [-0.25, -0.2) is 19.3 Å². The highest BCUT2D eigenvalue weighted by atomic mass is 35.5. The maximum Gasteiger partial charge on any atom is 0.223 e. The number of hydrogen-bond acceptors (Lipinski definition) is 7. The van der Waals surface area contributed by atoms with Gasteiger partial charge >= 0.3 is 0 Å². The molecule has 38 heavy (non-hydrogen) atoms. The van der Waals surface area contributed by atoms with Crippen LogP contribution in [0, 0.1) is 12.7 Å². The summed E-state index contributed by atoms with van der Waals surface area (Å²) in [5.74, 6) is 0.815. The van der Waals surface area contributed by atoms with Crippen molar-refractivity contribution in [3.63, 3.8) is 0 Å². The Balaban J connectivity index is 0.000000225. The number of aliphatic hydroxyl groups is 1. The number of anilines is 1. The Morgan fingerprint density at radius 2 is 1.97 bits per heavy atom. The second-order valence-electron chi connectivity index (χ2n) is 9.02. The molecule has 4 aromatic rings. The van der Waals surface area contributed by atoms with Crippen LogP contribution in [0.3, 0.4) is 0 Å². The first-order valence-electron chi connectivity index (χ1n) is 12.8. The maximum atomic E-state index is 14.5. The third kappa shape index (κ3) is 6.48. The summed E-state index contributed by atoms with van der Waals surface area (Å²) in [4.78, 5) is 12.7. The number of aliphatic hydroxyl groups excluding tert-OH is 1. The molecule has 11 heteroatoms. The number of nitrogens with one attached hydrogen (secondary N) is 1. The Morgan fingerprint density at radius 3 is 2.63 bits per heavy atom. The number of ether oxygens (including phenoxy) is 1. The van der Waals surface area contributed by atoms with Gasteiger partial charge in [0.2, 0.25) is 5.95 Å². The van der Waals surface area contributed by atoms with Crippen molar-refractivity contribution in [1.29, 1.82) is 0 Å². The second kappa shape index (κ2) is 13.1. The van der Waals surface area contributed by atoms with Gasteiger partial charge in [-0.05, 0) is 45.4 Å². The lowest BCUT2D eigenvalue weighted by molar-refractivity contribution is 0.139. The largest absolute Gasteiger partial charge is 0.393 e. The predicted molar refractivity (Wildman–Crippen MR) is 149 cm³/mol. The number of hydrogen-bond donors (Lipinski definition) is 2. The minimum absolute atomic E-state index is 0.170. The van der Waals surface area contributed by atoms with Crippen molar-refractivity contribution in [3.05, 3.63) is 52.4 Å². The molecule has 0 amide bonds. The van der Waals surface area contributed by atoms with Crippen molar-refractivity contribution in [1.82, 2.24) is 29.3 Å². The molecule has 4 heterocycles. The molecular formula is C27H37ClFN7O2. The van der Waals surface area contributed by atoms with Crippen molar-refractivity contribution in [2.75, 3.05) is 19.5 Å². The second-order valence-corrected chi connectivity index (χ2v) is 9.43. The third-order valence-corrected chi connectivity index (χ3v) is 6.28. The maximum absolute atomic E-state index is 14.5. The molecule has 0 bridgehead atoms. The van der Waals surface area contributed by atoms with Crippen LogP contribution >= 0.6 is 11.6 Å². The van der Waals surface area contributed by atoms with Crippen LogP contribution in [-0.2, 0) is 24.3 Å². The number of halogens is 2. The number of aryl methyl sites for hydroxylation is 2. The highest BCUT2D eigenvalue weighted by Crippen LogP contribution is 2.32. The monoisotopic (exact) mass is 545 g/mol.